The highest BCUT2D eigenvalue weighted by Gasteiger charge is 2.30. The molecule has 0 unspecified atom stereocenters. The smallest absolute Gasteiger partial charge is 0.337 e. The summed E-state index contributed by atoms with van der Waals surface area (Å²) in [7, 11) is 1.03. The van der Waals surface area contributed by atoms with Crippen LogP contribution >= 0.6 is 0 Å². The van der Waals surface area contributed by atoms with Gasteiger partial charge in [-0.05, 0) is 0 Å². The van der Waals surface area contributed by atoms with Crippen molar-refractivity contribution in [2.45, 2.75) is 18.3 Å². The first-order valence-electron chi connectivity index (χ1n) is 3.27. The van der Waals surface area contributed by atoms with E-state index in [0.717, 1.165) is 7.11 Å². The highest BCUT2D eigenvalue weighted by Crippen LogP contribution is 2.01. The van der Waals surface area contributed by atoms with Gasteiger partial charge in [0.25, 0.3) is 0 Å². The molecule has 0 spiro atoms. The van der Waals surface area contributed by atoms with Crippen LogP contribution in [-0.2, 0) is 9.53 Å². The van der Waals surface area contributed by atoms with Crippen LogP contribution in [0.15, 0.2) is 0 Å². The minimum atomic E-state index is -1.84. The Bertz CT molecular complexity index is 147. The van der Waals surface area contributed by atoms with E-state index in [9.17, 15) is 4.79 Å². The van der Waals surface area contributed by atoms with E-state index in [4.69, 9.17) is 20.4 Å². The van der Waals surface area contributed by atoms with Crippen molar-refractivity contribution in [3.8, 4) is 0 Å². The first kappa shape index (κ1) is 11.3. The number of aliphatic hydroxyl groups excluding tert-OH is 4. The fraction of sp³-hybridized carbons (Fsp3) is 0.833. The lowest BCUT2D eigenvalue weighted by Gasteiger charge is -2.19. The number of ether oxygens (including phenoxy) is 1. The largest absolute Gasteiger partial charge is 0.467 e. The zero-order chi connectivity index (χ0) is 9.72. The molecule has 12 heavy (non-hydrogen) atoms. The molecule has 72 valence electrons. The van der Waals surface area contributed by atoms with E-state index < -0.39 is 30.9 Å². The van der Waals surface area contributed by atoms with E-state index in [1.54, 1.807) is 0 Å². The van der Waals surface area contributed by atoms with Crippen molar-refractivity contribution >= 4 is 5.97 Å². The lowest BCUT2D eigenvalue weighted by molar-refractivity contribution is -0.162. The molecule has 6 heteroatoms. The van der Waals surface area contributed by atoms with Gasteiger partial charge in [-0.3, -0.25) is 0 Å². The van der Waals surface area contributed by atoms with Gasteiger partial charge in [0, 0.05) is 0 Å². The Hall–Kier alpha value is -0.690. The van der Waals surface area contributed by atoms with E-state index in [1.807, 2.05) is 0 Å². The average Bonchev–Trinajstić information content (AvgIpc) is 2.12. The molecule has 0 bridgehead atoms. The van der Waals surface area contributed by atoms with Crippen LogP contribution in [0.3, 0.4) is 0 Å². The summed E-state index contributed by atoms with van der Waals surface area (Å²) in [5, 5.41) is 34.9. The number of carbonyl (C=O) groups is 1. The molecule has 0 aliphatic heterocycles. The molecule has 0 radical (unpaired) electrons. The Labute approximate surface area is 69.0 Å². The first-order valence-corrected chi connectivity index (χ1v) is 3.27. The van der Waals surface area contributed by atoms with Crippen LogP contribution < -0.4 is 0 Å². The molecule has 3 atom stereocenters. The topological polar surface area (TPSA) is 107 Å². The summed E-state index contributed by atoms with van der Waals surface area (Å²) in [6.45, 7) is -0.741. The van der Waals surface area contributed by atoms with Crippen LogP contribution in [0.1, 0.15) is 0 Å². The van der Waals surface area contributed by atoms with Gasteiger partial charge < -0.3 is 25.2 Å². The van der Waals surface area contributed by atoms with Crippen LogP contribution in [0, 0.1) is 0 Å². The Balaban J connectivity index is 4.08. The third-order valence-electron chi connectivity index (χ3n) is 1.35. The minimum absolute atomic E-state index is 0.741. The van der Waals surface area contributed by atoms with Gasteiger partial charge in [-0.1, -0.05) is 0 Å². The van der Waals surface area contributed by atoms with Crippen LogP contribution in [0.4, 0.5) is 0 Å². The van der Waals surface area contributed by atoms with Gasteiger partial charge in [0.2, 0.25) is 0 Å². The molecular formula is C6H12O6. The number of rotatable bonds is 4. The molecule has 6 nitrogen and oxygen atoms in total. The first-order chi connectivity index (χ1) is 5.54. The highest BCUT2D eigenvalue weighted by atomic mass is 16.5. The summed E-state index contributed by atoms with van der Waals surface area (Å²) in [5.41, 5.74) is 0. The molecule has 4 N–H and O–H groups in total. The van der Waals surface area contributed by atoms with E-state index in [2.05, 4.69) is 4.74 Å². The fourth-order valence-corrected chi connectivity index (χ4v) is 0.579. The number of aliphatic hydroxyl groups is 4. The number of hydrogen-bond acceptors (Lipinski definition) is 6. The van der Waals surface area contributed by atoms with Crippen molar-refractivity contribution in [1.82, 2.24) is 0 Å². The predicted molar refractivity (Wildman–Crippen MR) is 37.1 cm³/mol. The van der Waals surface area contributed by atoms with Gasteiger partial charge in [0.15, 0.2) is 6.10 Å². The average molecular weight is 180 g/mol. The summed E-state index contributed by atoms with van der Waals surface area (Å²) < 4.78 is 4.09. The molecule has 0 heterocycles. The quantitative estimate of drug-likeness (QED) is 0.349. The third-order valence-corrected chi connectivity index (χ3v) is 1.35. The maximum absolute atomic E-state index is 10.5. The second-order valence-corrected chi connectivity index (χ2v) is 2.21. The molecule has 0 fully saturated rings. The summed E-state index contributed by atoms with van der Waals surface area (Å²) in [4.78, 5) is 10.5. The molecule has 0 rings (SSSR count). The van der Waals surface area contributed by atoms with Gasteiger partial charge in [-0.2, -0.15) is 0 Å². The van der Waals surface area contributed by atoms with Gasteiger partial charge in [0.1, 0.15) is 12.2 Å². The molecule has 0 aliphatic carbocycles. The third kappa shape index (κ3) is 2.74. The van der Waals surface area contributed by atoms with Crippen LogP contribution in [-0.4, -0.2) is 58.4 Å². The molecule has 0 aliphatic rings. The fourth-order valence-electron chi connectivity index (χ4n) is 0.579. The molecule has 0 saturated carbocycles. The lowest BCUT2D eigenvalue weighted by atomic mass is 10.1. The molecule has 0 aromatic carbocycles. The van der Waals surface area contributed by atoms with Crippen LogP contribution in [0.5, 0.6) is 0 Å². The normalized spacial score (nSPS) is 18.1. The van der Waals surface area contributed by atoms with Crippen LogP contribution in [0.25, 0.3) is 0 Å². The summed E-state index contributed by atoms with van der Waals surface area (Å²) in [5.74, 6) is -1.06. The van der Waals surface area contributed by atoms with E-state index in [-0.39, 0.29) is 0 Å². The summed E-state index contributed by atoms with van der Waals surface area (Å²) in [6.07, 6.45) is -5.13. The predicted octanol–water partition coefficient (Wildman–Crippen LogP) is -2.77. The van der Waals surface area contributed by atoms with Gasteiger partial charge in [0.05, 0.1) is 13.7 Å². The van der Waals surface area contributed by atoms with Crippen molar-refractivity contribution < 1.29 is 30.0 Å². The Morgan fingerprint density at radius 3 is 2.25 bits per heavy atom. The second-order valence-electron chi connectivity index (χ2n) is 2.21. The van der Waals surface area contributed by atoms with Crippen molar-refractivity contribution in [1.29, 1.82) is 0 Å². The van der Waals surface area contributed by atoms with Gasteiger partial charge in [-0.25, -0.2) is 4.79 Å². The number of carbonyl (C=O) groups excluding carboxylic acids is 1. The van der Waals surface area contributed by atoms with E-state index >= 15 is 0 Å². The second kappa shape index (κ2) is 5.04. The summed E-state index contributed by atoms with van der Waals surface area (Å²) in [6, 6.07) is 0. The monoisotopic (exact) mass is 180 g/mol. The molecular weight excluding hydrogens is 168 g/mol. The van der Waals surface area contributed by atoms with Crippen molar-refractivity contribution in [3.05, 3.63) is 0 Å². The highest BCUT2D eigenvalue weighted by molar-refractivity contribution is 5.74. The number of hydrogen-bond donors (Lipinski definition) is 4. The SMILES string of the molecule is COC(=O)[C@H](O)[C@H](O)[C@@H](O)CO. The lowest BCUT2D eigenvalue weighted by Crippen LogP contribution is -2.44. The van der Waals surface area contributed by atoms with Crippen molar-refractivity contribution in [2.24, 2.45) is 0 Å². The van der Waals surface area contributed by atoms with Crippen molar-refractivity contribution in [3.63, 3.8) is 0 Å². The number of methoxy groups -OCH3 is 1. The van der Waals surface area contributed by atoms with Crippen molar-refractivity contribution in [2.75, 3.05) is 13.7 Å². The zero-order valence-corrected chi connectivity index (χ0v) is 6.54. The van der Waals surface area contributed by atoms with Crippen LogP contribution in [0.2, 0.25) is 0 Å². The van der Waals surface area contributed by atoms with E-state index in [1.165, 1.54) is 0 Å². The zero-order valence-electron chi connectivity index (χ0n) is 6.54. The minimum Gasteiger partial charge on any atom is -0.467 e. The summed E-state index contributed by atoms with van der Waals surface area (Å²) >= 11 is 0. The Morgan fingerprint density at radius 2 is 1.92 bits per heavy atom. The Morgan fingerprint density at radius 1 is 1.42 bits per heavy atom. The Kier molecular flexibility index (Phi) is 4.75. The number of esters is 1. The maximum Gasteiger partial charge on any atom is 0.337 e. The molecule has 0 aromatic heterocycles. The molecule has 0 amide bonds. The van der Waals surface area contributed by atoms with E-state index in [0.29, 0.717) is 0 Å². The maximum atomic E-state index is 10.5. The molecule has 0 saturated heterocycles. The van der Waals surface area contributed by atoms with Gasteiger partial charge >= 0.3 is 5.97 Å². The standard InChI is InChI=1S/C6H12O6/c1-12-6(11)5(10)4(9)3(8)2-7/h3-5,7-10H,2H2,1H3/t3-,4+,5+/m0/s1. The van der Waals surface area contributed by atoms with Gasteiger partial charge in [-0.15, -0.1) is 0 Å². The molecule has 0 aromatic rings.